The summed E-state index contributed by atoms with van der Waals surface area (Å²) < 4.78 is 0. The monoisotopic (exact) mass is 258 g/mol. The van der Waals surface area contributed by atoms with Crippen LogP contribution in [0.2, 0.25) is 0 Å². The van der Waals surface area contributed by atoms with Crippen molar-refractivity contribution >= 4 is 11.3 Å². The van der Waals surface area contributed by atoms with Crippen LogP contribution in [-0.2, 0) is 0 Å². The topological polar surface area (TPSA) is 24.9 Å². The molecule has 1 fully saturated rings. The highest BCUT2D eigenvalue weighted by molar-refractivity contribution is 7.13. The van der Waals surface area contributed by atoms with Crippen LogP contribution in [0.4, 0.5) is 0 Å². The van der Waals surface area contributed by atoms with E-state index >= 15 is 0 Å². The number of rotatable bonds is 2. The van der Waals surface area contributed by atoms with Gasteiger partial charge in [-0.25, -0.2) is 4.98 Å². The molecule has 0 radical (unpaired) electrons. The molecule has 2 nitrogen and oxygen atoms in total. The average molecular weight is 258 g/mol. The molecule has 1 aromatic heterocycles. The zero-order valence-corrected chi connectivity index (χ0v) is 11.5. The Balaban J connectivity index is 1.89. The first-order valence-electron chi connectivity index (χ1n) is 6.56. The minimum absolute atomic E-state index is 0.732. The molecule has 0 unspecified atom stereocenters. The van der Waals surface area contributed by atoms with E-state index in [2.05, 4.69) is 35.4 Å². The van der Waals surface area contributed by atoms with Gasteiger partial charge in [0.05, 0.1) is 0 Å². The van der Waals surface area contributed by atoms with Crippen molar-refractivity contribution < 1.29 is 0 Å². The predicted octanol–water partition coefficient (Wildman–Crippen LogP) is 3.59. The minimum atomic E-state index is 0.732. The number of nitrogens with zero attached hydrogens (tertiary/aromatic N) is 1. The minimum Gasteiger partial charge on any atom is -0.317 e. The number of thiazole rings is 1. The van der Waals surface area contributed by atoms with E-state index in [0.717, 1.165) is 24.0 Å². The first kappa shape index (κ1) is 11.9. The van der Waals surface area contributed by atoms with E-state index in [-0.39, 0.29) is 0 Å². The second-order valence-corrected chi connectivity index (χ2v) is 5.83. The van der Waals surface area contributed by atoms with E-state index in [0.29, 0.717) is 0 Å². The Morgan fingerprint density at radius 3 is 2.78 bits per heavy atom. The highest BCUT2D eigenvalue weighted by Crippen LogP contribution is 2.31. The molecular formula is C15H18N2S. The molecule has 3 heteroatoms. The van der Waals surface area contributed by atoms with Gasteiger partial charge in [-0.05, 0) is 49.9 Å². The second kappa shape index (κ2) is 5.21. The normalized spacial score (nSPS) is 16.9. The first-order valence-corrected chi connectivity index (χ1v) is 7.43. The Labute approximate surface area is 112 Å². The van der Waals surface area contributed by atoms with E-state index < -0.39 is 0 Å². The van der Waals surface area contributed by atoms with Crippen LogP contribution < -0.4 is 5.32 Å². The molecule has 1 aliphatic heterocycles. The number of piperidine rings is 1. The third kappa shape index (κ3) is 2.33. The highest BCUT2D eigenvalue weighted by atomic mass is 32.1. The molecule has 0 aliphatic carbocycles. The molecule has 0 spiro atoms. The third-order valence-corrected chi connectivity index (χ3v) is 4.53. The summed E-state index contributed by atoms with van der Waals surface area (Å²) in [4.78, 5) is 4.40. The summed E-state index contributed by atoms with van der Waals surface area (Å²) in [7, 11) is 0. The molecule has 2 aromatic rings. The highest BCUT2D eigenvalue weighted by Gasteiger charge is 2.16. The number of aromatic nitrogens is 1. The quantitative estimate of drug-likeness (QED) is 0.890. The van der Waals surface area contributed by atoms with Crippen LogP contribution in [0.1, 0.15) is 29.9 Å². The van der Waals surface area contributed by atoms with Gasteiger partial charge in [0.25, 0.3) is 0 Å². The molecule has 2 heterocycles. The van der Waals surface area contributed by atoms with Crippen molar-refractivity contribution in [1.82, 2.24) is 10.3 Å². The summed E-state index contributed by atoms with van der Waals surface area (Å²) in [6, 6.07) is 6.89. The zero-order valence-electron chi connectivity index (χ0n) is 10.6. The van der Waals surface area contributed by atoms with E-state index in [1.54, 1.807) is 11.3 Å². The summed E-state index contributed by atoms with van der Waals surface area (Å²) in [6.45, 7) is 4.50. The summed E-state index contributed by atoms with van der Waals surface area (Å²) in [5.41, 5.74) is 4.12. The lowest BCUT2D eigenvalue weighted by Crippen LogP contribution is -2.26. The van der Waals surface area contributed by atoms with Gasteiger partial charge < -0.3 is 5.32 Å². The number of benzene rings is 1. The standard InChI is InChI=1S/C15H18N2S/c1-11-10-13(12-4-6-16-7-5-12)2-3-14(11)15-17-8-9-18-15/h2-3,8-10,12,16H,4-7H2,1H3. The lowest BCUT2D eigenvalue weighted by atomic mass is 9.88. The molecule has 94 valence electrons. The molecular weight excluding hydrogens is 240 g/mol. The van der Waals surface area contributed by atoms with Gasteiger partial charge in [0.1, 0.15) is 5.01 Å². The molecule has 3 rings (SSSR count). The number of aryl methyl sites for hydroxylation is 1. The number of hydrogen-bond donors (Lipinski definition) is 1. The van der Waals surface area contributed by atoms with Crippen molar-refractivity contribution in [3.63, 3.8) is 0 Å². The molecule has 1 N–H and O–H groups in total. The van der Waals surface area contributed by atoms with Crippen LogP contribution in [0.25, 0.3) is 10.6 Å². The fraction of sp³-hybridized carbons (Fsp3) is 0.400. The number of hydrogen-bond acceptors (Lipinski definition) is 3. The summed E-state index contributed by atoms with van der Waals surface area (Å²) in [5, 5.41) is 6.59. The fourth-order valence-electron chi connectivity index (χ4n) is 2.69. The van der Waals surface area contributed by atoms with Crippen LogP contribution in [-0.4, -0.2) is 18.1 Å². The van der Waals surface area contributed by atoms with Crippen molar-refractivity contribution in [3.05, 3.63) is 40.9 Å². The van der Waals surface area contributed by atoms with Crippen molar-refractivity contribution in [1.29, 1.82) is 0 Å². The van der Waals surface area contributed by atoms with Gasteiger partial charge in [0.15, 0.2) is 0 Å². The third-order valence-electron chi connectivity index (χ3n) is 3.72. The number of nitrogens with one attached hydrogen (secondary N) is 1. The van der Waals surface area contributed by atoms with E-state index in [1.807, 2.05) is 11.6 Å². The maximum Gasteiger partial charge on any atom is 0.123 e. The molecule has 0 bridgehead atoms. The fourth-order valence-corrected chi connectivity index (χ4v) is 3.42. The van der Waals surface area contributed by atoms with Gasteiger partial charge in [-0.2, -0.15) is 0 Å². The lowest BCUT2D eigenvalue weighted by Gasteiger charge is -2.23. The van der Waals surface area contributed by atoms with Crippen LogP contribution in [0.5, 0.6) is 0 Å². The van der Waals surface area contributed by atoms with Crippen LogP contribution >= 0.6 is 11.3 Å². The maximum atomic E-state index is 4.40. The van der Waals surface area contributed by atoms with Crippen molar-refractivity contribution in [2.45, 2.75) is 25.7 Å². The van der Waals surface area contributed by atoms with Crippen molar-refractivity contribution in [2.24, 2.45) is 0 Å². The van der Waals surface area contributed by atoms with Gasteiger partial charge in [-0.15, -0.1) is 11.3 Å². The Hall–Kier alpha value is -1.19. The van der Waals surface area contributed by atoms with E-state index in [4.69, 9.17) is 0 Å². The van der Waals surface area contributed by atoms with E-state index in [1.165, 1.54) is 29.5 Å². The molecule has 1 saturated heterocycles. The molecule has 18 heavy (non-hydrogen) atoms. The van der Waals surface area contributed by atoms with Gasteiger partial charge in [0.2, 0.25) is 0 Å². The van der Waals surface area contributed by atoms with Gasteiger partial charge in [0, 0.05) is 17.1 Å². The summed E-state index contributed by atoms with van der Waals surface area (Å²) in [5.74, 6) is 0.732. The van der Waals surface area contributed by atoms with Crippen LogP contribution in [0.3, 0.4) is 0 Å². The smallest absolute Gasteiger partial charge is 0.123 e. The van der Waals surface area contributed by atoms with Crippen LogP contribution in [0.15, 0.2) is 29.8 Å². The Morgan fingerprint density at radius 2 is 2.11 bits per heavy atom. The Kier molecular flexibility index (Phi) is 3.43. The molecule has 0 atom stereocenters. The first-order chi connectivity index (χ1) is 8.84. The largest absolute Gasteiger partial charge is 0.317 e. The van der Waals surface area contributed by atoms with Gasteiger partial charge >= 0.3 is 0 Å². The van der Waals surface area contributed by atoms with Gasteiger partial charge in [-0.1, -0.05) is 18.2 Å². The SMILES string of the molecule is Cc1cc(C2CCNCC2)ccc1-c1nccs1. The lowest BCUT2D eigenvalue weighted by molar-refractivity contribution is 0.460. The zero-order chi connectivity index (χ0) is 12.4. The Bertz CT molecular complexity index is 513. The molecule has 1 aromatic carbocycles. The summed E-state index contributed by atoms with van der Waals surface area (Å²) in [6.07, 6.45) is 4.40. The molecule has 0 saturated carbocycles. The molecule has 1 aliphatic rings. The van der Waals surface area contributed by atoms with Crippen LogP contribution in [0, 0.1) is 6.92 Å². The Morgan fingerprint density at radius 1 is 1.28 bits per heavy atom. The van der Waals surface area contributed by atoms with Crippen molar-refractivity contribution in [3.8, 4) is 10.6 Å². The van der Waals surface area contributed by atoms with E-state index in [9.17, 15) is 0 Å². The molecule has 0 amide bonds. The maximum absolute atomic E-state index is 4.40. The van der Waals surface area contributed by atoms with Gasteiger partial charge in [-0.3, -0.25) is 0 Å². The predicted molar refractivity (Wildman–Crippen MR) is 77.1 cm³/mol. The average Bonchev–Trinajstić information content (AvgIpc) is 2.93. The second-order valence-electron chi connectivity index (χ2n) is 4.94. The summed E-state index contributed by atoms with van der Waals surface area (Å²) >= 11 is 1.71. The van der Waals surface area contributed by atoms with Crippen molar-refractivity contribution in [2.75, 3.05) is 13.1 Å².